The molecule has 2 aromatic carbocycles. The minimum atomic E-state index is -0.623. The minimum Gasteiger partial charge on any atom is -0.491 e. The molecule has 0 heterocycles. The maximum Gasteiger partial charge on any atom is 0.149 e. The van der Waals surface area contributed by atoms with Crippen molar-refractivity contribution >= 4 is 5.69 Å². The molecular weight excluding hydrogens is 266 g/mol. The zero-order valence-corrected chi connectivity index (χ0v) is 11.7. The molecule has 0 aliphatic heterocycles. The number of para-hydroxylation sites is 3. The number of benzene rings is 2. The highest BCUT2D eigenvalue weighted by molar-refractivity contribution is 5.56. The largest absolute Gasteiger partial charge is 0.491 e. The summed E-state index contributed by atoms with van der Waals surface area (Å²) in [5.74, 6) is 1.41. The Kier molecular flexibility index (Phi) is 5.67. The van der Waals surface area contributed by atoms with Crippen LogP contribution in [0.3, 0.4) is 0 Å². The van der Waals surface area contributed by atoms with Gasteiger partial charge in [0.2, 0.25) is 0 Å². The Morgan fingerprint density at radius 3 is 2.57 bits per heavy atom. The molecule has 1 atom stereocenters. The highest BCUT2D eigenvalue weighted by atomic mass is 16.5. The Balaban J connectivity index is 1.81. The molecule has 2 aromatic rings. The fourth-order valence-electron chi connectivity index (χ4n) is 1.80. The average Bonchev–Trinajstić information content (AvgIpc) is 2.53. The van der Waals surface area contributed by atoms with Crippen LogP contribution >= 0.6 is 0 Å². The number of hydrogen-bond donors (Lipinski definition) is 2. The van der Waals surface area contributed by atoms with Gasteiger partial charge in [-0.1, -0.05) is 36.9 Å². The summed E-state index contributed by atoms with van der Waals surface area (Å²) in [6.07, 6.45) is 0.747. The summed E-state index contributed by atoms with van der Waals surface area (Å²) in [5.41, 5.74) is 0.802. The van der Waals surface area contributed by atoms with Crippen LogP contribution in [0.15, 0.2) is 67.4 Å². The third-order valence-electron chi connectivity index (χ3n) is 2.81. The summed E-state index contributed by atoms with van der Waals surface area (Å²) in [6, 6.07) is 16.9. The fraction of sp³-hybridized carbons (Fsp3) is 0.176. The molecule has 0 spiro atoms. The van der Waals surface area contributed by atoms with Crippen LogP contribution in [0.1, 0.15) is 0 Å². The second-order valence-corrected chi connectivity index (χ2v) is 4.44. The lowest BCUT2D eigenvalue weighted by molar-refractivity contribution is 0.117. The van der Waals surface area contributed by atoms with Gasteiger partial charge in [-0.3, -0.25) is 0 Å². The van der Waals surface area contributed by atoms with E-state index in [1.165, 1.54) is 6.26 Å². The molecule has 4 nitrogen and oxygen atoms in total. The molecule has 0 bridgehead atoms. The molecule has 0 aliphatic rings. The van der Waals surface area contributed by atoms with Gasteiger partial charge in [0.25, 0.3) is 0 Å². The molecule has 0 aromatic heterocycles. The third kappa shape index (κ3) is 4.85. The Hall–Kier alpha value is -2.46. The van der Waals surface area contributed by atoms with Gasteiger partial charge in [-0.2, -0.15) is 0 Å². The molecule has 0 radical (unpaired) electrons. The summed E-state index contributed by atoms with van der Waals surface area (Å²) in [6.45, 7) is 4.13. The van der Waals surface area contributed by atoms with Gasteiger partial charge < -0.3 is 19.9 Å². The van der Waals surface area contributed by atoms with Crippen LogP contribution in [-0.4, -0.2) is 24.4 Å². The maximum atomic E-state index is 9.94. The Bertz CT molecular complexity index is 557. The number of anilines is 1. The van der Waals surface area contributed by atoms with Crippen LogP contribution in [-0.2, 0) is 0 Å². The molecule has 0 aliphatic carbocycles. The molecule has 0 saturated heterocycles. The van der Waals surface area contributed by atoms with Gasteiger partial charge in [-0.25, -0.2) is 0 Å². The monoisotopic (exact) mass is 285 g/mol. The lowest BCUT2D eigenvalue weighted by Crippen LogP contribution is -2.26. The van der Waals surface area contributed by atoms with Crippen molar-refractivity contribution in [3.63, 3.8) is 0 Å². The van der Waals surface area contributed by atoms with Crippen LogP contribution in [0.25, 0.3) is 0 Å². The van der Waals surface area contributed by atoms with Crippen molar-refractivity contribution in [1.29, 1.82) is 0 Å². The quantitative estimate of drug-likeness (QED) is 0.732. The van der Waals surface area contributed by atoms with E-state index in [1.54, 1.807) is 0 Å². The highest BCUT2D eigenvalue weighted by Crippen LogP contribution is 2.23. The minimum absolute atomic E-state index is 0.224. The zero-order chi connectivity index (χ0) is 14.9. The van der Waals surface area contributed by atoms with E-state index in [0.29, 0.717) is 12.3 Å². The van der Waals surface area contributed by atoms with E-state index in [-0.39, 0.29) is 6.61 Å². The molecule has 0 fully saturated rings. The molecule has 2 rings (SSSR count). The Morgan fingerprint density at radius 2 is 1.81 bits per heavy atom. The maximum absolute atomic E-state index is 9.94. The summed E-state index contributed by atoms with van der Waals surface area (Å²) >= 11 is 0. The van der Waals surface area contributed by atoms with E-state index in [2.05, 4.69) is 11.9 Å². The SMILES string of the molecule is C=COc1ccccc1NCC(O)COc1ccccc1. The lowest BCUT2D eigenvalue weighted by atomic mass is 10.2. The number of ether oxygens (including phenoxy) is 2. The van der Waals surface area contributed by atoms with E-state index < -0.39 is 6.10 Å². The van der Waals surface area contributed by atoms with Crippen LogP contribution in [0.4, 0.5) is 5.69 Å². The Morgan fingerprint density at radius 1 is 1.10 bits per heavy atom. The molecular formula is C17H19NO3. The van der Waals surface area contributed by atoms with Gasteiger partial charge in [-0.05, 0) is 24.3 Å². The zero-order valence-electron chi connectivity index (χ0n) is 11.7. The van der Waals surface area contributed by atoms with Gasteiger partial charge in [0, 0.05) is 6.54 Å². The number of rotatable bonds is 8. The standard InChI is InChI=1S/C17H19NO3/c1-2-20-17-11-7-6-10-16(17)18-12-14(19)13-21-15-8-4-3-5-9-15/h2-11,14,18-19H,1,12-13H2. The van der Waals surface area contributed by atoms with Crippen LogP contribution in [0, 0.1) is 0 Å². The molecule has 0 amide bonds. The van der Waals surface area contributed by atoms with Gasteiger partial charge in [0.1, 0.15) is 24.2 Å². The first-order valence-electron chi connectivity index (χ1n) is 6.76. The van der Waals surface area contributed by atoms with Gasteiger partial charge in [-0.15, -0.1) is 0 Å². The topological polar surface area (TPSA) is 50.7 Å². The number of aliphatic hydroxyl groups excluding tert-OH is 1. The smallest absolute Gasteiger partial charge is 0.149 e. The van der Waals surface area contributed by atoms with Gasteiger partial charge in [0.05, 0.1) is 11.9 Å². The Labute approximate surface area is 124 Å². The van der Waals surface area contributed by atoms with Crippen LogP contribution < -0.4 is 14.8 Å². The predicted molar refractivity (Wildman–Crippen MR) is 83.7 cm³/mol. The summed E-state index contributed by atoms with van der Waals surface area (Å²) in [5, 5.41) is 13.1. The molecule has 110 valence electrons. The van der Waals surface area contributed by atoms with Crippen molar-refractivity contribution in [2.75, 3.05) is 18.5 Å². The van der Waals surface area contributed by atoms with Gasteiger partial charge in [0.15, 0.2) is 0 Å². The van der Waals surface area contributed by atoms with E-state index in [4.69, 9.17) is 9.47 Å². The number of nitrogens with one attached hydrogen (secondary N) is 1. The van der Waals surface area contributed by atoms with Crippen molar-refractivity contribution in [3.8, 4) is 11.5 Å². The van der Waals surface area contributed by atoms with Crippen molar-refractivity contribution in [3.05, 3.63) is 67.4 Å². The molecule has 1 unspecified atom stereocenters. The molecule has 21 heavy (non-hydrogen) atoms. The van der Waals surface area contributed by atoms with E-state index >= 15 is 0 Å². The summed E-state index contributed by atoms with van der Waals surface area (Å²) < 4.78 is 10.8. The van der Waals surface area contributed by atoms with Crippen LogP contribution in [0.2, 0.25) is 0 Å². The molecule has 0 saturated carbocycles. The van der Waals surface area contributed by atoms with Crippen molar-refractivity contribution in [2.45, 2.75) is 6.10 Å². The first kappa shape index (κ1) is 14.9. The van der Waals surface area contributed by atoms with E-state index in [1.807, 2.05) is 54.6 Å². The molecule has 4 heteroatoms. The second-order valence-electron chi connectivity index (χ2n) is 4.44. The first-order chi connectivity index (χ1) is 10.3. The van der Waals surface area contributed by atoms with Crippen LogP contribution in [0.5, 0.6) is 11.5 Å². The lowest BCUT2D eigenvalue weighted by Gasteiger charge is -2.15. The van der Waals surface area contributed by atoms with Crippen molar-refractivity contribution < 1.29 is 14.6 Å². The average molecular weight is 285 g/mol. The predicted octanol–water partition coefficient (Wildman–Crippen LogP) is 3.06. The van der Waals surface area contributed by atoms with Crippen molar-refractivity contribution in [2.24, 2.45) is 0 Å². The normalized spacial score (nSPS) is 11.5. The second kappa shape index (κ2) is 7.97. The first-order valence-corrected chi connectivity index (χ1v) is 6.76. The highest BCUT2D eigenvalue weighted by Gasteiger charge is 2.07. The third-order valence-corrected chi connectivity index (χ3v) is 2.81. The molecule has 2 N–H and O–H groups in total. The van der Waals surface area contributed by atoms with E-state index in [9.17, 15) is 5.11 Å². The number of aliphatic hydroxyl groups is 1. The van der Waals surface area contributed by atoms with E-state index in [0.717, 1.165) is 11.4 Å². The van der Waals surface area contributed by atoms with Crippen molar-refractivity contribution in [1.82, 2.24) is 0 Å². The number of hydrogen-bond acceptors (Lipinski definition) is 4. The summed E-state index contributed by atoms with van der Waals surface area (Å²) in [4.78, 5) is 0. The summed E-state index contributed by atoms with van der Waals surface area (Å²) in [7, 11) is 0. The van der Waals surface area contributed by atoms with Gasteiger partial charge >= 0.3 is 0 Å². The fourth-order valence-corrected chi connectivity index (χ4v) is 1.80.